The molecule has 146 valence electrons. The van der Waals surface area contributed by atoms with Crippen molar-refractivity contribution < 1.29 is 0 Å². The van der Waals surface area contributed by atoms with E-state index < -0.39 is 16.5 Å². The summed E-state index contributed by atoms with van der Waals surface area (Å²) in [6, 6.07) is 0. The highest BCUT2D eigenvalue weighted by atomic mass is 28.3. The van der Waals surface area contributed by atoms with Crippen molar-refractivity contribution in [2.45, 2.75) is 77.8 Å². The Hall–Kier alpha value is 0.274. The van der Waals surface area contributed by atoms with E-state index >= 15 is 0 Å². The van der Waals surface area contributed by atoms with Gasteiger partial charge in [-0.1, -0.05) is 67.7 Å². The zero-order chi connectivity index (χ0) is 19.2. The molecule has 0 unspecified atom stereocenters. The summed E-state index contributed by atoms with van der Waals surface area (Å²) in [5.41, 5.74) is 5.82. The molecule has 0 aliphatic carbocycles. The number of nitrogens with zero attached hydrogens (tertiary/aromatic N) is 1. The van der Waals surface area contributed by atoms with Gasteiger partial charge >= 0.3 is 0 Å². The van der Waals surface area contributed by atoms with Crippen LogP contribution in [-0.4, -0.2) is 60.6 Å². The van der Waals surface area contributed by atoms with Gasteiger partial charge in [-0.15, -0.1) is 0 Å². The van der Waals surface area contributed by atoms with Crippen LogP contribution in [0.5, 0.6) is 0 Å². The topological polar surface area (TPSA) is 53.3 Å². The van der Waals surface area contributed by atoms with Crippen molar-refractivity contribution in [3.8, 4) is 0 Å². The van der Waals surface area contributed by atoms with Crippen LogP contribution >= 0.6 is 0 Å². The lowest BCUT2D eigenvalue weighted by Crippen LogP contribution is -2.55. The first kappa shape index (κ1) is 24.3. The predicted octanol–water partition coefficient (Wildman–Crippen LogP) is 3.44. The lowest BCUT2D eigenvalue weighted by Gasteiger charge is -2.39. The molecule has 0 fully saturated rings. The third-order valence-electron chi connectivity index (χ3n) is 6.19. The number of rotatable bonds is 10. The maximum absolute atomic E-state index is 5.82. The van der Waals surface area contributed by atoms with Crippen LogP contribution in [0.15, 0.2) is 0 Å². The average molecular weight is 375 g/mol. The summed E-state index contributed by atoms with van der Waals surface area (Å²) in [5, 5.41) is 0.769. The largest absolute Gasteiger partial charge is 0.336 e. The van der Waals surface area contributed by atoms with Gasteiger partial charge < -0.3 is 15.7 Å². The second kappa shape index (κ2) is 9.28. The minimum Gasteiger partial charge on any atom is -0.336 e. The van der Waals surface area contributed by atoms with E-state index in [1.54, 1.807) is 0 Å². The lowest BCUT2D eigenvalue weighted by atomic mass is 10.2. The molecule has 0 saturated heterocycles. The number of hydrogen-bond donors (Lipinski definition) is 3. The third kappa shape index (κ3) is 8.10. The van der Waals surface area contributed by atoms with Crippen LogP contribution in [0.2, 0.25) is 36.3 Å². The fraction of sp³-hybridized carbons (Fsp3) is 1.00. The van der Waals surface area contributed by atoms with Crippen LogP contribution in [0.25, 0.3) is 0 Å². The van der Waals surface area contributed by atoms with Crippen LogP contribution in [-0.2, 0) is 0 Å². The maximum Gasteiger partial charge on any atom is 0.124 e. The Bertz CT molecular complexity index is 325. The highest BCUT2D eigenvalue weighted by Crippen LogP contribution is 2.34. The third-order valence-corrected chi connectivity index (χ3v) is 16.0. The van der Waals surface area contributed by atoms with E-state index in [0.29, 0.717) is 10.1 Å². The molecular formula is C18H46N4Si2. The molecule has 0 radical (unpaired) electrons. The quantitative estimate of drug-likeness (QED) is 0.513. The Morgan fingerprint density at radius 3 is 1.29 bits per heavy atom. The van der Waals surface area contributed by atoms with Gasteiger partial charge in [-0.05, 0) is 10.1 Å². The Kier molecular flexibility index (Phi) is 9.39. The molecule has 0 aromatic carbocycles. The van der Waals surface area contributed by atoms with Crippen LogP contribution in [0.3, 0.4) is 0 Å². The van der Waals surface area contributed by atoms with E-state index in [0.717, 1.165) is 39.3 Å². The first-order chi connectivity index (χ1) is 10.6. The second-order valence-corrected chi connectivity index (χ2v) is 20.4. The Morgan fingerprint density at radius 1 is 0.708 bits per heavy atom. The van der Waals surface area contributed by atoms with Gasteiger partial charge in [0.2, 0.25) is 0 Å². The normalized spacial score (nSPS) is 14.5. The van der Waals surface area contributed by atoms with Crippen molar-refractivity contribution in [1.82, 2.24) is 14.9 Å². The molecule has 0 amide bonds. The summed E-state index contributed by atoms with van der Waals surface area (Å²) in [5.74, 6) is 0. The molecule has 6 heteroatoms. The highest BCUT2D eigenvalue weighted by molar-refractivity contribution is 6.78. The number of nitrogens with two attached hydrogens (primary N) is 1. The van der Waals surface area contributed by atoms with E-state index in [-0.39, 0.29) is 0 Å². The first-order valence-electron chi connectivity index (χ1n) is 9.56. The van der Waals surface area contributed by atoms with E-state index in [1.807, 2.05) is 0 Å². The maximum atomic E-state index is 5.82. The monoisotopic (exact) mass is 374 g/mol. The Labute approximate surface area is 154 Å². The molecule has 4 N–H and O–H groups in total. The molecule has 0 heterocycles. The van der Waals surface area contributed by atoms with Gasteiger partial charge in [0, 0.05) is 39.3 Å². The fourth-order valence-electron chi connectivity index (χ4n) is 2.10. The van der Waals surface area contributed by atoms with E-state index in [4.69, 9.17) is 5.73 Å². The molecule has 24 heavy (non-hydrogen) atoms. The zero-order valence-corrected chi connectivity index (χ0v) is 20.3. The second-order valence-electron chi connectivity index (χ2n) is 10.2. The molecule has 0 spiro atoms. The van der Waals surface area contributed by atoms with Crippen molar-refractivity contribution in [3.05, 3.63) is 0 Å². The van der Waals surface area contributed by atoms with Crippen LogP contribution < -0.4 is 15.7 Å². The van der Waals surface area contributed by atoms with Crippen molar-refractivity contribution in [3.63, 3.8) is 0 Å². The summed E-state index contributed by atoms with van der Waals surface area (Å²) in [4.78, 5) is 10.2. The number of hydrogen-bond acceptors (Lipinski definition) is 4. The van der Waals surface area contributed by atoms with Crippen molar-refractivity contribution in [1.29, 1.82) is 0 Å². The summed E-state index contributed by atoms with van der Waals surface area (Å²) in [6.45, 7) is 29.9. The standard InChI is InChI=1S/C18H46N4Si2/c1-17(2,3)23(7,8)20-12-15-22(14-11-19)16-13-21-24(9,10)18(4,5)6/h20-21H,11-16,19H2,1-10H3. The molecule has 4 nitrogen and oxygen atoms in total. The fourth-order valence-corrected chi connectivity index (χ4v) is 4.64. The van der Waals surface area contributed by atoms with Crippen molar-refractivity contribution in [2.24, 2.45) is 5.73 Å². The van der Waals surface area contributed by atoms with Crippen molar-refractivity contribution in [2.75, 3.05) is 39.3 Å². The van der Waals surface area contributed by atoms with Gasteiger partial charge in [0.25, 0.3) is 0 Å². The van der Waals surface area contributed by atoms with Crippen molar-refractivity contribution >= 4 is 16.5 Å². The summed E-state index contributed by atoms with van der Waals surface area (Å²) in [6.07, 6.45) is 0. The number of nitrogens with one attached hydrogen (secondary N) is 2. The Balaban J connectivity index is 4.38. The minimum absolute atomic E-state index is 0.385. The molecule has 0 aliphatic heterocycles. The molecule has 0 saturated carbocycles. The molecule has 0 atom stereocenters. The van der Waals surface area contributed by atoms with E-state index in [9.17, 15) is 0 Å². The summed E-state index contributed by atoms with van der Waals surface area (Å²) >= 11 is 0. The van der Waals surface area contributed by atoms with E-state index in [2.05, 4.69) is 82.6 Å². The summed E-state index contributed by atoms with van der Waals surface area (Å²) in [7, 11) is -2.79. The van der Waals surface area contributed by atoms with Gasteiger partial charge in [-0.3, -0.25) is 4.90 Å². The lowest BCUT2D eigenvalue weighted by molar-refractivity contribution is 0.289. The van der Waals surface area contributed by atoms with Gasteiger partial charge in [0.15, 0.2) is 0 Å². The van der Waals surface area contributed by atoms with Gasteiger partial charge in [-0.25, -0.2) is 0 Å². The summed E-state index contributed by atoms with van der Waals surface area (Å²) < 4.78 is 0. The first-order valence-corrected chi connectivity index (χ1v) is 15.6. The minimum atomic E-state index is -1.40. The van der Waals surface area contributed by atoms with Gasteiger partial charge in [0.05, 0.1) is 0 Å². The highest BCUT2D eigenvalue weighted by Gasteiger charge is 2.35. The van der Waals surface area contributed by atoms with Crippen LogP contribution in [0.1, 0.15) is 41.5 Å². The van der Waals surface area contributed by atoms with Crippen LogP contribution in [0, 0.1) is 0 Å². The molecule has 0 rings (SSSR count). The predicted molar refractivity (Wildman–Crippen MR) is 116 cm³/mol. The molecule has 0 aliphatic rings. The molecule has 0 aromatic heterocycles. The zero-order valence-electron chi connectivity index (χ0n) is 18.3. The molecular weight excluding hydrogens is 328 g/mol. The van der Waals surface area contributed by atoms with Gasteiger partial charge in [-0.2, -0.15) is 0 Å². The average Bonchev–Trinajstić information content (AvgIpc) is 2.35. The SMILES string of the molecule is CC(C)(C)[Si](C)(C)NCCN(CCN)CCN[Si](C)(C)C(C)(C)C. The molecule has 0 bridgehead atoms. The van der Waals surface area contributed by atoms with Crippen LogP contribution in [0.4, 0.5) is 0 Å². The van der Waals surface area contributed by atoms with Gasteiger partial charge in [0.1, 0.15) is 16.5 Å². The Morgan fingerprint density at radius 2 is 1.04 bits per heavy atom. The molecule has 0 aromatic rings. The van der Waals surface area contributed by atoms with E-state index in [1.165, 1.54) is 0 Å². The smallest absolute Gasteiger partial charge is 0.124 e.